The zero-order chi connectivity index (χ0) is 20.4. The van der Waals surface area contributed by atoms with Crippen LogP contribution in [0.5, 0.6) is 0 Å². The van der Waals surface area contributed by atoms with Crippen LogP contribution >= 0.6 is 15.9 Å². The molecule has 1 N–H and O–H groups in total. The standard InChI is InChI=1S/C20H10BrF4NO2/c21-11-6-7-15(12(8-11)19(27)10-4-2-1-3-5-10)26-20(28)13-9-14(22)17(24)18(25)16(13)23/h1-9H,(H,26,28). The Morgan fingerprint density at radius 1 is 0.786 bits per heavy atom. The summed E-state index contributed by atoms with van der Waals surface area (Å²) in [5.74, 6) is -9.32. The van der Waals surface area contributed by atoms with Gasteiger partial charge in [-0.2, -0.15) is 0 Å². The lowest BCUT2D eigenvalue weighted by molar-refractivity contribution is 0.102. The van der Waals surface area contributed by atoms with Crippen molar-refractivity contribution in [3.05, 3.63) is 99.0 Å². The second-order valence-electron chi connectivity index (χ2n) is 5.69. The number of halogens is 5. The molecule has 0 spiro atoms. The number of hydrogen-bond acceptors (Lipinski definition) is 2. The first-order chi connectivity index (χ1) is 13.3. The van der Waals surface area contributed by atoms with Gasteiger partial charge in [-0.1, -0.05) is 46.3 Å². The van der Waals surface area contributed by atoms with Crippen molar-refractivity contribution in [2.24, 2.45) is 0 Å². The van der Waals surface area contributed by atoms with Crippen LogP contribution in [-0.2, 0) is 0 Å². The van der Waals surface area contributed by atoms with Gasteiger partial charge >= 0.3 is 0 Å². The predicted octanol–water partition coefficient (Wildman–Crippen LogP) is 5.49. The van der Waals surface area contributed by atoms with E-state index in [9.17, 15) is 27.2 Å². The Balaban J connectivity index is 2.00. The highest BCUT2D eigenvalue weighted by Crippen LogP contribution is 2.26. The molecule has 3 aromatic carbocycles. The van der Waals surface area contributed by atoms with Gasteiger partial charge in [-0.05, 0) is 24.3 Å². The first-order valence-electron chi connectivity index (χ1n) is 7.83. The van der Waals surface area contributed by atoms with Gasteiger partial charge in [0, 0.05) is 15.6 Å². The fourth-order valence-corrected chi connectivity index (χ4v) is 2.85. The summed E-state index contributed by atoms with van der Waals surface area (Å²) >= 11 is 3.22. The average molecular weight is 452 g/mol. The molecule has 3 nitrogen and oxygen atoms in total. The van der Waals surface area contributed by atoms with E-state index in [0.29, 0.717) is 10.0 Å². The van der Waals surface area contributed by atoms with Gasteiger partial charge in [0.05, 0.1) is 11.3 Å². The number of benzene rings is 3. The summed E-state index contributed by atoms with van der Waals surface area (Å²) in [6, 6.07) is 12.7. The molecular weight excluding hydrogens is 442 g/mol. The molecule has 0 atom stereocenters. The lowest BCUT2D eigenvalue weighted by Gasteiger charge is -2.12. The summed E-state index contributed by atoms with van der Waals surface area (Å²) in [5.41, 5.74) is -0.637. The third-order valence-corrected chi connectivity index (χ3v) is 4.35. The van der Waals surface area contributed by atoms with Crippen molar-refractivity contribution in [3.8, 4) is 0 Å². The minimum atomic E-state index is -2.10. The van der Waals surface area contributed by atoms with E-state index in [-0.39, 0.29) is 17.3 Å². The van der Waals surface area contributed by atoms with Crippen molar-refractivity contribution >= 4 is 33.3 Å². The number of carbonyl (C=O) groups is 2. The first kappa shape index (κ1) is 19.8. The van der Waals surface area contributed by atoms with Crippen LogP contribution in [-0.4, -0.2) is 11.7 Å². The number of carbonyl (C=O) groups excluding carboxylic acids is 2. The van der Waals surface area contributed by atoms with Crippen molar-refractivity contribution in [2.45, 2.75) is 0 Å². The number of rotatable bonds is 4. The van der Waals surface area contributed by atoms with E-state index in [4.69, 9.17) is 0 Å². The Hall–Kier alpha value is -3.00. The van der Waals surface area contributed by atoms with Crippen LogP contribution in [0, 0.1) is 23.3 Å². The molecule has 3 rings (SSSR count). The maximum absolute atomic E-state index is 13.9. The molecule has 0 fully saturated rings. The molecule has 0 aliphatic carbocycles. The van der Waals surface area contributed by atoms with Crippen LogP contribution in [0.15, 0.2) is 59.1 Å². The predicted molar refractivity (Wildman–Crippen MR) is 98.2 cm³/mol. The van der Waals surface area contributed by atoms with Gasteiger partial charge in [0.1, 0.15) is 0 Å². The largest absolute Gasteiger partial charge is 0.321 e. The number of ketones is 1. The van der Waals surface area contributed by atoms with Crippen LogP contribution in [0.1, 0.15) is 26.3 Å². The minimum Gasteiger partial charge on any atom is -0.321 e. The molecule has 0 bridgehead atoms. The molecule has 0 aliphatic rings. The fourth-order valence-electron chi connectivity index (χ4n) is 2.49. The monoisotopic (exact) mass is 451 g/mol. The normalized spacial score (nSPS) is 10.6. The molecule has 142 valence electrons. The zero-order valence-electron chi connectivity index (χ0n) is 13.9. The maximum atomic E-state index is 13.9. The highest BCUT2D eigenvalue weighted by Gasteiger charge is 2.24. The summed E-state index contributed by atoms with van der Waals surface area (Å²) in [6.45, 7) is 0. The van der Waals surface area contributed by atoms with E-state index in [1.807, 2.05) is 0 Å². The number of nitrogens with one attached hydrogen (secondary N) is 1. The van der Waals surface area contributed by atoms with Crippen LogP contribution in [0.4, 0.5) is 23.2 Å². The Morgan fingerprint density at radius 2 is 1.46 bits per heavy atom. The lowest BCUT2D eigenvalue weighted by Crippen LogP contribution is -2.18. The number of amides is 1. The third-order valence-electron chi connectivity index (χ3n) is 3.86. The van der Waals surface area contributed by atoms with Crippen molar-refractivity contribution in [1.82, 2.24) is 0 Å². The Labute approximate surface area is 165 Å². The number of hydrogen-bond donors (Lipinski definition) is 1. The lowest BCUT2D eigenvalue weighted by atomic mass is 10.0. The zero-order valence-corrected chi connectivity index (χ0v) is 15.5. The Kier molecular flexibility index (Phi) is 5.60. The molecular formula is C20H10BrF4NO2. The van der Waals surface area contributed by atoms with Gasteiger partial charge in [0.25, 0.3) is 5.91 Å². The van der Waals surface area contributed by atoms with E-state index in [2.05, 4.69) is 21.2 Å². The minimum absolute atomic E-state index is 0.00778. The van der Waals surface area contributed by atoms with E-state index >= 15 is 0 Å². The van der Waals surface area contributed by atoms with Crippen LogP contribution in [0.25, 0.3) is 0 Å². The van der Waals surface area contributed by atoms with Crippen molar-refractivity contribution in [2.75, 3.05) is 5.32 Å². The average Bonchev–Trinajstić information content (AvgIpc) is 2.70. The topological polar surface area (TPSA) is 46.2 Å². The first-order valence-corrected chi connectivity index (χ1v) is 8.62. The van der Waals surface area contributed by atoms with Crippen molar-refractivity contribution in [1.29, 1.82) is 0 Å². The molecule has 0 saturated heterocycles. The van der Waals surface area contributed by atoms with Gasteiger partial charge in [0.2, 0.25) is 0 Å². The summed E-state index contributed by atoms with van der Waals surface area (Å²) in [4.78, 5) is 25.1. The molecule has 8 heteroatoms. The van der Waals surface area contributed by atoms with Gasteiger partial charge < -0.3 is 5.32 Å². The molecule has 0 unspecified atom stereocenters. The summed E-state index contributed by atoms with van der Waals surface area (Å²) in [5, 5.41) is 2.24. The second kappa shape index (κ2) is 7.93. The van der Waals surface area contributed by atoms with Crippen LogP contribution < -0.4 is 5.32 Å². The summed E-state index contributed by atoms with van der Waals surface area (Å²) in [7, 11) is 0. The van der Waals surface area contributed by atoms with Gasteiger partial charge in [0.15, 0.2) is 29.1 Å². The SMILES string of the molecule is O=C(c1ccccc1)c1cc(Br)ccc1NC(=O)c1cc(F)c(F)c(F)c1F. The molecule has 0 saturated carbocycles. The number of anilines is 1. The van der Waals surface area contributed by atoms with Gasteiger partial charge in [-0.3, -0.25) is 9.59 Å². The second-order valence-corrected chi connectivity index (χ2v) is 6.60. The Morgan fingerprint density at radius 3 is 2.14 bits per heavy atom. The molecule has 0 radical (unpaired) electrons. The summed E-state index contributed by atoms with van der Waals surface area (Å²) in [6.07, 6.45) is 0. The van der Waals surface area contributed by atoms with E-state index in [1.54, 1.807) is 30.3 Å². The van der Waals surface area contributed by atoms with Crippen molar-refractivity contribution < 1.29 is 27.2 Å². The van der Waals surface area contributed by atoms with Gasteiger partial charge in [-0.15, -0.1) is 0 Å². The highest BCUT2D eigenvalue weighted by molar-refractivity contribution is 9.10. The smallest absolute Gasteiger partial charge is 0.258 e. The molecule has 3 aromatic rings. The van der Waals surface area contributed by atoms with Crippen LogP contribution in [0.3, 0.4) is 0 Å². The van der Waals surface area contributed by atoms with Gasteiger partial charge in [-0.25, -0.2) is 17.6 Å². The van der Waals surface area contributed by atoms with Crippen LogP contribution in [0.2, 0.25) is 0 Å². The molecule has 0 heterocycles. The van der Waals surface area contributed by atoms with E-state index in [1.165, 1.54) is 18.2 Å². The van der Waals surface area contributed by atoms with E-state index in [0.717, 1.165) is 0 Å². The highest BCUT2D eigenvalue weighted by atomic mass is 79.9. The maximum Gasteiger partial charge on any atom is 0.258 e. The molecule has 28 heavy (non-hydrogen) atoms. The fraction of sp³-hybridized carbons (Fsp3) is 0. The Bertz CT molecular complexity index is 1090. The van der Waals surface area contributed by atoms with Crippen molar-refractivity contribution in [3.63, 3.8) is 0 Å². The molecule has 0 aromatic heterocycles. The molecule has 1 amide bonds. The summed E-state index contributed by atoms with van der Waals surface area (Å²) < 4.78 is 54.3. The van der Waals surface area contributed by atoms with E-state index < -0.39 is 40.5 Å². The quantitative estimate of drug-likeness (QED) is 0.246. The third kappa shape index (κ3) is 3.82. The molecule has 0 aliphatic heterocycles.